The first-order valence-electron chi connectivity index (χ1n) is 6.43. The summed E-state index contributed by atoms with van der Waals surface area (Å²) in [4.78, 5) is 0. The van der Waals surface area contributed by atoms with Crippen LogP contribution in [-0.4, -0.2) is 40.0 Å². The molecule has 0 bridgehead atoms. The Morgan fingerprint density at radius 3 is 2.47 bits per heavy atom. The predicted octanol–water partition coefficient (Wildman–Crippen LogP) is 1.64. The molecule has 2 N–H and O–H groups in total. The zero-order valence-corrected chi connectivity index (χ0v) is 11.8. The monoisotopic (exact) mass is 302 g/mol. The molecule has 19 heavy (non-hydrogen) atoms. The van der Waals surface area contributed by atoms with Crippen LogP contribution in [0.25, 0.3) is 0 Å². The second-order valence-corrected chi connectivity index (χ2v) is 6.91. The fourth-order valence-electron chi connectivity index (χ4n) is 2.32. The van der Waals surface area contributed by atoms with Gasteiger partial charge in [-0.25, -0.2) is 13.1 Å². The Labute approximate surface area is 112 Å². The average Bonchev–Trinajstić information content (AvgIpc) is 2.26. The number of rotatable bonds is 6. The van der Waals surface area contributed by atoms with Gasteiger partial charge in [0, 0.05) is 12.6 Å². The standard InChI is InChI=1S/C11H21F3N2O2S/c1-19(17,18)16-7-3-6-15-10-5-2-4-9(8-10)11(12,13)14/h9-10,15-16H,2-8H2,1H3/t9-,10+/m1/s1. The van der Waals surface area contributed by atoms with Crippen molar-refractivity contribution < 1.29 is 21.6 Å². The molecule has 8 heteroatoms. The fraction of sp³-hybridized carbons (Fsp3) is 1.00. The molecule has 114 valence electrons. The molecule has 0 aromatic carbocycles. The van der Waals surface area contributed by atoms with Gasteiger partial charge < -0.3 is 5.32 Å². The van der Waals surface area contributed by atoms with Gasteiger partial charge in [0.15, 0.2) is 0 Å². The van der Waals surface area contributed by atoms with Gasteiger partial charge in [0.25, 0.3) is 0 Å². The molecule has 1 aliphatic rings. The molecule has 0 unspecified atom stereocenters. The molecule has 0 aromatic rings. The maximum absolute atomic E-state index is 12.6. The summed E-state index contributed by atoms with van der Waals surface area (Å²) >= 11 is 0. The van der Waals surface area contributed by atoms with E-state index in [-0.39, 0.29) is 18.9 Å². The Hall–Kier alpha value is -0.340. The summed E-state index contributed by atoms with van der Waals surface area (Å²) in [5.74, 6) is -1.20. The summed E-state index contributed by atoms with van der Waals surface area (Å²) in [6.07, 6.45) is -0.760. The Morgan fingerprint density at radius 1 is 1.21 bits per heavy atom. The van der Waals surface area contributed by atoms with Crippen LogP contribution in [0, 0.1) is 5.92 Å². The Bertz CT molecular complexity index is 371. The van der Waals surface area contributed by atoms with E-state index in [4.69, 9.17) is 0 Å². The van der Waals surface area contributed by atoms with Gasteiger partial charge in [-0.2, -0.15) is 13.2 Å². The summed E-state index contributed by atoms with van der Waals surface area (Å²) in [5, 5.41) is 3.08. The third-order valence-electron chi connectivity index (χ3n) is 3.29. The lowest BCUT2D eigenvalue weighted by atomic mass is 9.85. The van der Waals surface area contributed by atoms with Gasteiger partial charge in [0.05, 0.1) is 12.2 Å². The minimum atomic E-state index is -4.10. The first kappa shape index (κ1) is 16.7. The van der Waals surface area contributed by atoms with Crippen LogP contribution in [0.1, 0.15) is 32.1 Å². The zero-order chi connectivity index (χ0) is 14.5. The first-order valence-corrected chi connectivity index (χ1v) is 8.32. The second kappa shape index (κ2) is 6.90. The van der Waals surface area contributed by atoms with Crippen molar-refractivity contribution in [2.24, 2.45) is 5.92 Å². The van der Waals surface area contributed by atoms with Crippen LogP contribution in [0.15, 0.2) is 0 Å². The topological polar surface area (TPSA) is 58.2 Å². The summed E-state index contributed by atoms with van der Waals surface area (Å²) in [7, 11) is -3.18. The van der Waals surface area contributed by atoms with Crippen LogP contribution in [0.3, 0.4) is 0 Å². The zero-order valence-electron chi connectivity index (χ0n) is 11.0. The smallest absolute Gasteiger partial charge is 0.314 e. The molecule has 0 amide bonds. The molecule has 0 aromatic heterocycles. The van der Waals surface area contributed by atoms with Crippen molar-refractivity contribution >= 4 is 10.0 Å². The summed E-state index contributed by atoms with van der Waals surface area (Å²) in [6.45, 7) is 0.832. The third-order valence-corrected chi connectivity index (χ3v) is 4.02. The molecule has 1 aliphatic carbocycles. The number of alkyl halides is 3. The normalized spacial score (nSPS) is 25.5. The highest BCUT2D eigenvalue weighted by Crippen LogP contribution is 2.37. The number of hydrogen-bond donors (Lipinski definition) is 2. The average molecular weight is 302 g/mol. The van der Waals surface area contributed by atoms with Gasteiger partial charge in [0.1, 0.15) is 0 Å². The minimum absolute atomic E-state index is 0.112. The quantitative estimate of drug-likeness (QED) is 0.733. The minimum Gasteiger partial charge on any atom is -0.314 e. The molecule has 4 nitrogen and oxygen atoms in total. The number of halogens is 3. The lowest BCUT2D eigenvalue weighted by molar-refractivity contribution is -0.183. The molecular weight excluding hydrogens is 281 g/mol. The first-order chi connectivity index (χ1) is 8.68. The van der Waals surface area contributed by atoms with E-state index in [0.717, 1.165) is 12.7 Å². The SMILES string of the molecule is CS(=O)(=O)NCCCN[C@H]1CCC[C@@H](C(F)(F)F)C1. The van der Waals surface area contributed by atoms with Crippen molar-refractivity contribution in [3.8, 4) is 0 Å². The Kier molecular flexibility index (Phi) is 6.07. The summed E-state index contributed by atoms with van der Waals surface area (Å²) in [5.41, 5.74) is 0. The van der Waals surface area contributed by atoms with E-state index in [1.165, 1.54) is 0 Å². The Morgan fingerprint density at radius 2 is 1.89 bits per heavy atom. The van der Waals surface area contributed by atoms with E-state index < -0.39 is 22.1 Å². The van der Waals surface area contributed by atoms with E-state index in [1.54, 1.807) is 0 Å². The largest absolute Gasteiger partial charge is 0.391 e. The van der Waals surface area contributed by atoms with Crippen LogP contribution in [-0.2, 0) is 10.0 Å². The molecular formula is C11H21F3N2O2S. The molecule has 0 aliphatic heterocycles. The van der Waals surface area contributed by atoms with Gasteiger partial charge in [-0.3, -0.25) is 0 Å². The number of nitrogens with one attached hydrogen (secondary N) is 2. The molecule has 1 rings (SSSR count). The molecule has 0 spiro atoms. The van der Waals surface area contributed by atoms with Crippen molar-refractivity contribution in [2.75, 3.05) is 19.3 Å². The number of hydrogen-bond acceptors (Lipinski definition) is 3. The summed E-state index contributed by atoms with van der Waals surface area (Å²) < 4.78 is 61.7. The van der Waals surface area contributed by atoms with Gasteiger partial charge in [0.2, 0.25) is 10.0 Å². The van der Waals surface area contributed by atoms with Crippen molar-refractivity contribution in [1.82, 2.24) is 10.0 Å². The summed E-state index contributed by atoms with van der Waals surface area (Å²) in [6, 6.07) is -0.112. The lowest BCUT2D eigenvalue weighted by Crippen LogP contribution is -2.39. The highest BCUT2D eigenvalue weighted by molar-refractivity contribution is 7.88. The van der Waals surface area contributed by atoms with Gasteiger partial charge in [-0.05, 0) is 32.2 Å². The molecule has 1 fully saturated rings. The van der Waals surface area contributed by atoms with Crippen molar-refractivity contribution in [2.45, 2.75) is 44.3 Å². The van der Waals surface area contributed by atoms with E-state index in [2.05, 4.69) is 10.0 Å². The van der Waals surface area contributed by atoms with E-state index in [9.17, 15) is 21.6 Å². The Balaban J connectivity index is 2.19. The highest BCUT2D eigenvalue weighted by atomic mass is 32.2. The van der Waals surface area contributed by atoms with Crippen LogP contribution in [0.2, 0.25) is 0 Å². The van der Waals surface area contributed by atoms with Gasteiger partial charge in [-0.15, -0.1) is 0 Å². The number of sulfonamides is 1. The fourth-order valence-corrected chi connectivity index (χ4v) is 2.84. The third kappa shape index (κ3) is 7.12. The van der Waals surface area contributed by atoms with Crippen LogP contribution >= 0.6 is 0 Å². The van der Waals surface area contributed by atoms with Gasteiger partial charge >= 0.3 is 6.18 Å². The molecule has 0 radical (unpaired) electrons. The lowest BCUT2D eigenvalue weighted by Gasteiger charge is -2.31. The van der Waals surface area contributed by atoms with Crippen LogP contribution < -0.4 is 10.0 Å². The molecule has 0 saturated heterocycles. The van der Waals surface area contributed by atoms with E-state index in [1.807, 2.05) is 0 Å². The van der Waals surface area contributed by atoms with Gasteiger partial charge in [-0.1, -0.05) is 6.42 Å². The van der Waals surface area contributed by atoms with Crippen LogP contribution in [0.5, 0.6) is 0 Å². The predicted molar refractivity (Wildman–Crippen MR) is 67.3 cm³/mol. The van der Waals surface area contributed by atoms with E-state index >= 15 is 0 Å². The molecule has 1 saturated carbocycles. The molecule has 0 heterocycles. The maximum atomic E-state index is 12.6. The van der Waals surface area contributed by atoms with Crippen molar-refractivity contribution in [3.05, 3.63) is 0 Å². The van der Waals surface area contributed by atoms with Crippen LogP contribution in [0.4, 0.5) is 13.2 Å². The van der Waals surface area contributed by atoms with Crippen molar-refractivity contribution in [1.29, 1.82) is 0 Å². The second-order valence-electron chi connectivity index (χ2n) is 5.08. The van der Waals surface area contributed by atoms with E-state index in [0.29, 0.717) is 25.9 Å². The molecule has 2 atom stereocenters. The maximum Gasteiger partial charge on any atom is 0.391 e. The van der Waals surface area contributed by atoms with Crippen molar-refractivity contribution in [3.63, 3.8) is 0 Å². The highest BCUT2D eigenvalue weighted by Gasteiger charge is 2.41.